The minimum absolute atomic E-state index is 0.0684. The summed E-state index contributed by atoms with van der Waals surface area (Å²) in [6.07, 6.45) is 0. The molecular weight excluding hydrogens is 426 g/mol. The van der Waals surface area contributed by atoms with Crippen LogP contribution in [0.5, 0.6) is 11.5 Å². The highest BCUT2D eigenvalue weighted by molar-refractivity contribution is 7.99. The van der Waals surface area contributed by atoms with Crippen LogP contribution in [0.2, 0.25) is 0 Å². The summed E-state index contributed by atoms with van der Waals surface area (Å²) in [6, 6.07) is 16.0. The Morgan fingerprint density at radius 1 is 0.967 bits per heavy atom. The monoisotopic (exact) mass is 445 g/mol. The average Bonchev–Trinajstić information content (AvgIpc) is 2.78. The largest absolute Gasteiger partial charge is 0.497 e. The Balaban J connectivity index is 1.62. The number of hydrogen-bond donors (Lipinski definition) is 1. The molecule has 0 spiro atoms. The van der Waals surface area contributed by atoms with Crippen LogP contribution < -0.4 is 14.8 Å². The van der Waals surface area contributed by atoms with Crippen molar-refractivity contribution >= 4 is 33.2 Å². The second-order valence-corrected chi connectivity index (χ2v) is 8.86. The first-order valence-corrected chi connectivity index (χ1v) is 11.2. The molecule has 0 unspecified atom stereocenters. The van der Waals surface area contributed by atoms with Crippen molar-refractivity contribution in [3.05, 3.63) is 60.7 Å². The van der Waals surface area contributed by atoms with Crippen LogP contribution >= 0.6 is 11.8 Å². The van der Waals surface area contributed by atoms with Gasteiger partial charge in [-0.25, -0.2) is 8.42 Å². The number of amides is 1. The van der Waals surface area contributed by atoms with Crippen molar-refractivity contribution in [3.63, 3.8) is 0 Å². The van der Waals surface area contributed by atoms with Gasteiger partial charge in [0.1, 0.15) is 16.5 Å². The fourth-order valence-corrected chi connectivity index (χ4v) is 4.23. The number of benzene rings is 2. The highest BCUT2D eigenvalue weighted by Crippen LogP contribution is 2.26. The minimum atomic E-state index is -3.73. The number of rotatable bonds is 8. The third-order valence-electron chi connectivity index (χ3n) is 3.93. The van der Waals surface area contributed by atoms with E-state index in [-0.39, 0.29) is 21.6 Å². The molecular formula is C20H19N3O5S2. The van der Waals surface area contributed by atoms with E-state index >= 15 is 0 Å². The van der Waals surface area contributed by atoms with Gasteiger partial charge in [-0.2, -0.15) is 0 Å². The zero-order valence-corrected chi connectivity index (χ0v) is 17.9. The molecule has 0 fully saturated rings. The molecule has 0 saturated carbocycles. The first-order chi connectivity index (χ1) is 14.4. The molecule has 0 atom stereocenters. The van der Waals surface area contributed by atoms with Crippen LogP contribution in [0.15, 0.2) is 75.6 Å². The summed E-state index contributed by atoms with van der Waals surface area (Å²) in [7, 11) is -0.678. The first-order valence-electron chi connectivity index (χ1n) is 8.72. The fraction of sp³-hybridized carbons (Fsp3) is 0.150. The average molecular weight is 446 g/mol. The summed E-state index contributed by atoms with van der Waals surface area (Å²) in [6.45, 7) is 0. The van der Waals surface area contributed by atoms with Crippen molar-refractivity contribution < 1.29 is 22.7 Å². The van der Waals surface area contributed by atoms with E-state index in [2.05, 4.69) is 15.5 Å². The van der Waals surface area contributed by atoms with E-state index in [1.807, 2.05) is 0 Å². The van der Waals surface area contributed by atoms with Crippen molar-refractivity contribution in [2.75, 3.05) is 25.3 Å². The zero-order chi connectivity index (χ0) is 21.6. The second-order valence-electron chi connectivity index (χ2n) is 5.96. The lowest BCUT2D eigenvalue weighted by Gasteiger charge is -2.09. The number of ether oxygens (including phenoxy) is 2. The highest BCUT2D eigenvalue weighted by Gasteiger charge is 2.19. The molecule has 2 aromatic carbocycles. The predicted octanol–water partition coefficient (Wildman–Crippen LogP) is 3.06. The van der Waals surface area contributed by atoms with Gasteiger partial charge in [0.25, 0.3) is 0 Å². The topological polar surface area (TPSA) is 107 Å². The van der Waals surface area contributed by atoms with Crippen LogP contribution in [0.4, 0.5) is 5.69 Å². The summed E-state index contributed by atoms with van der Waals surface area (Å²) in [5.74, 6) is 0.911. The molecule has 1 amide bonds. The van der Waals surface area contributed by atoms with Crippen LogP contribution in [0.3, 0.4) is 0 Å². The van der Waals surface area contributed by atoms with Crippen LogP contribution in [0.1, 0.15) is 0 Å². The van der Waals surface area contributed by atoms with Gasteiger partial charge in [0.2, 0.25) is 15.7 Å². The quantitative estimate of drug-likeness (QED) is 0.527. The third-order valence-corrected chi connectivity index (χ3v) is 6.51. The molecule has 3 rings (SSSR count). The Morgan fingerprint density at radius 3 is 2.20 bits per heavy atom. The molecule has 0 aliphatic heterocycles. The number of nitrogens with one attached hydrogen (secondary N) is 1. The Bertz CT molecular complexity index is 1100. The number of aromatic nitrogens is 2. The van der Waals surface area contributed by atoms with Crippen LogP contribution in [-0.4, -0.2) is 44.5 Å². The Kier molecular flexibility index (Phi) is 6.91. The van der Waals surface area contributed by atoms with E-state index in [4.69, 9.17) is 9.47 Å². The molecule has 156 valence electrons. The van der Waals surface area contributed by atoms with Crippen LogP contribution in [-0.2, 0) is 14.6 Å². The van der Waals surface area contributed by atoms with E-state index in [0.717, 1.165) is 11.8 Å². The Morgan fingerprint density at radius 2 is 1.63 bits per heavy atom. The van der Waals surface area contributed by atoms with Gasteiger partial charge in [0.15, 0.2) is 5.03 Å². The van der Waals surface area contributed by atoms with Gasteiger partial charge in [-0.3, -0.25) is 4.79 Å². The van der Waals surface area contributed by atoms with E-state index in [9.17, 15) is 13.2 Å². The van der Waals surface area contributed by atoms with Gasteiger partial charge >= 0.3 is 0 Å². The van der Waals surface area contributed by atoms with Crippen LogP contribution in [0, 0.1) is 0 Å². The SMILES string of the molecule is COc1cc(NC(=O)CSc2ccc(S(=O)(=O)c3ccccc3)nn2)cc(OC)c1. The maximum absolute atomic E-state index is 12.5. The minimum Gasteiger partial charge on any atom is -0.497 e. The molecule has 3 aromatic rings. The smallest absolute Gasteiger partial charge is 0.234 e. The zero-order valence-electron chi connectivity index (χ0n) is 16.2. The lowest BCUT2D eigenvalue weighted by atomic mass is 10.2. The predicted molar refractivity (Wildman–Crippen MR) is 113 cm³/mol. The van der Waals surface area contributed by atoms with Gasteiger partial charge in [-0.1, -0.05) is 30.0 Å². The maximum Gasteiger partial charge on any atom is 0.234 e. The van der Waals surface area contributed by atoms with E-state index in [0.29, 0.717) is 22.2 Å². The molecule has 30 heavy (non-hydrogen) atoms. The Labute approximate surface area is 178 Å². The third kappa shape index (κ3) is 5.28. The fourth-order valence-electron chi connectivity index (χ4n) is 2.46. The number of sulfone groups is 1. The van der Waals surface area contributed by atoms with Gasteiger partial charge in [-0.05, 0) is 24.3 Å². The van der Waals surface area contributed by atoms with Crippen molar-refractivity contribution in [1.82, 2.24) is 10.2 Å². The van der Waals surface area contributed by atoms with Crippen molar-refractivity contribution in [2.45, 2.75) is 14.9 Å². The van der Waals surface area contributed by atoms with E-state index in [1.165, 1.54) is 38.5 Å². The highest BCUT2D eigenvalue weighted by atomic mass is 32.2. The number of hydrogen-bond acceptors (Lipinski definition) is 8. The number of anilines is 1. The van der Waals surface area contributed by atoms with Gasteiger partial charge in [0.05, 0.1) is 24.9 Å². The summed E-state index contributed by atoms with van der Waals surface area (Å²) in [5, 5.41) is 10.8. The normalized spacial score (nSPS) is 11.0. The molecule has 0 aliphatic carbocycles. The van der Waals surface area contributed by atoms with Crippen molar-refractivity contribution in [2.24, 2.45) is 0 Å². The molecule has 10 heteroatoms. The molecule has 8 nitrogen and oxygen atoms in total. The standard InChI is InChI=1S/C20H19N3O5S2/c1-27-15-10-14(11-16(12-15)28-2)21-18(24)13-29-19-8-9-20(23-22-19)30(25,26)17-6-4-3-5-7-17/h3-12H,13H2,1-2H3,(H,21,24). The molecule has 1 N–H and O–H groups in total. The van der Waals surface area contributed by atoms with Crippen molar-refractivity contribution in [3.8, 4) is 11.5 Å². The van der Waals surface area contributed by atoms with Crippen LogP contribution in [0.25, 0.3) is 0 Å². The molecule has 1 aromatic heterocycles. The lowest BCUT2D eigenvalue weighted by Crippen LogP contribution is -2.14. The van der Waals surface area contributed by atoms with Gasteiger partial charge < -0.3 is 14.8 Å². The second kappa shape index (κ2) is 9.59. The number of carbonyl (C=O) groups is 1. The van der Waals surface area contributed by atoms with Gasteiger partial charge in [-0.15, -0.1) is 10.2 Å². The van der Waals surface area contributed by atoms with E-state index < -0.39 is 9.84 Å². The van der Waals surface area contributed by atoms with E-state index in [1.54, 1.807) is 36.4 Å². The lowest BCUT2D eigenvalue weighted by molar-refractivity contribution is -0.113. The molecule has 0 radical (unpaired) electrons. The number of methoxy groups -OCH3 is 2. The number of nitrogens with zero attached hydrogens (tertiary/aromatic N) is 2. The summed E-state index contributed by atoms with van der Waals surface area (Å²) >= 11 is 1.14. The van der Waals surface area contributed by atoms with Gasteiger partial charge in [0, 0.05) is 23.9 Å². The van der Waals surface area contributed by atoms with Crippen molar-refractivity contribution in [1.29, 1.82) is 0 Å². The summed E-state index contributed by atoms with van der Waals surface area (Å²) in [4.78, 5) is 12.4. The molecule has 1 heterocycles. The maximum atomic E-state index is 12.5. The first kappa shape index (κ1) is 21.6. The summed E-state index contributed by atoms with van der Waals surface area (Å²) in [5.41, 5.74) is 0.534. The number of carbonyl (C=O) groups excluding carboxylic acids is 1. The molecule has 0 bridgehead atoms. The number of thioether (sulfide) groups is 1. The molecule has 0 saturated heterocycles. The Hall–Kier alpha value is -3.11. The summed E-state index contributed by atoms with van der Waals surface area (Å²) < 4.78 is 35.4. The molecule has 0 aliphatic rings.